The van der Waals surface area contributed by atoms with Crippen molar-refractivity contribution in [2.24, 2.45) is 0 Å². The number of hydrogen-bond donors (Lipinski definition) is 2. The van der Waals surface area contributed by atoms with Crippen LogP contribution < -0.4 is 10.1 Å². The minimum Gasteiger partial charge on any atom is -0.489 e. The molecule has 0 heterocycles. The van der Waals surface area contributed by atoms with Gasteiger partial charge in [0.05, 0.1) is 6.54 Å². The summed E-state index contributed by atoms with van der Waals surface area (Å²) in [5.41, 5.74) is 0. The Morgan fingerprint density at radius 3 is 2.73 bits per heavy atom. The Balaban J connectivity index is 2.24. The zero-order valence-corrected chi connectivity index (χ0v) is 8.64. The lowest BCUT2D eigenvalue weighted by Crippen LogP contribution is -2.32. The SMILES string of the molecule is CC(CNCC(=O)O)Oc1ccccc1. The highest BCUT2D eigenvalue weighted by Crippen LogP contribution is 2.10. The Morgan fingerprint density at radius 1 is 1.47 bits per heavy atom. The van der Waals surface area contributed by atoms with Crippen molar-refractivity contribution >= 4 is 5.97 Å². The molecule has 0 fully saturated rings. The Bertz CT molecular complexity index is 300. The van der Waals surface area contributed by atoms with E-state index < -0.39 is 5.97 Å². The van der Waals surface area contributed by atoms with Crippen LogP contribution in [-0.4, -0.2) is 30.3 Å². The van der Waals surface area contributed by atoms with Gasteiger partial charge in [-0.3, -0.25) is 4.79 Å². The number of rotatable bonds is 6. The van der Waals surface area contributed by atoms with Gasteiger partial charge in [0.2, 0.25) is 0 Å². The van der Waals surface area contributed by atoms with Crippen molar-refractivity contribution in [1.82, 2.24) is 5.32 Å². The number of nitrogens with one attached hydrogen (secondary N) is 1. The van der Waals surface area contributed by atoms with Crippen LogP contribution in [-0.2, 0) is 4.79 Å². The van der Waals surface area contributed by atoms with Crippen LogP contribution >= 0.6 is 0 Å². The van der Waals surface area contributed by atoms with Crippen LogP contribution in [0.4, 0.5) is 0 Å². The van der Waals surface area contributed by atoms with E-state index in [1.165, 1.54) is 0 Å². The van der Waals surface area contributed by atoms with Crippen molar-refractivity contribution < 1.29 is 14.6 Å². The summed E-state index contributed by atoms with van der Waals surface area (Å²) in [6.45, 7) is 2.37. The van der Waals surface area contributed by atoms with Gasteiger partial charge in [-0.05, 0) is 19.1 Å². The van der Waals surface area contributed by atoms with Gasteiger partial charge in [0.25, 0.3) is 0 Å². The van der Waals surface area contributed by atoms with E-state index in [0.717, 1.165) is 5.75 Å². The van der Waals surface area contributed by atoms with Gasteiger partial charge >= 0.3 is 5.97 Å². The molecule has 1 aromatic carbocycles. The van der Waals surface area contributed by atoms with E-state index in [0.29, 0.717) is 6.54 Å². The first-order valence-electron chi connectivity index (χ1n) is 4.82. The van der Waals surface area contributed by atoms with Crippen molar-refractivity contribution in [3.8, 4) is 5.75 Å². The summed E-state index contributed by atoms with van der Waals surface area (Å²) in [6, 6.07) is 9.45. The molecule has 0 aliphatic heterocycles. The van der Waals surface area contributed by atoms with Crippen LogP contribution in [0.3, 0.4) is 0 Å². The van der Waals surface area contributed by atoms with E-state index in [-0.39, 0.29) is 12.6 Å². The summed E-state index contributed by atoms with van der Waals surface area (Å²) in [7, 11) is 0. The Labute approximate surface area is 88.9 Å². The fourth-order valence-electron chi connectivity index (χ4n) is 1.16. The molecule has 0 saturated heterocycles. The van der Waals surface area contributed by atoms with E-state index in [1.54, 1.807) is 0 Å². The van der Waals surface area contributed by atoms with E-state index >= 15 is 0 Å². The zero-order chi connectivity index (χ0) is 11.1. The number of ether oxygens (including phenoxy) is 1. The maximum atomic E-state index is 10.2. The van der Waals surface area contributed by atoms with Crippen molar-refractivity contribution in [3.05, 3.63) is 30.3 Å². The molecular weight excluding hydrogens is 194 g/mol. The second kappa shape index (κ2) is 6.03. The number of benzene rings is 1. The van der Waals surface area contributed by atoms with Crippen LogP contribution in [0.5, 0.6) is 5.75 Å². The second-order valence-electron chi connectivity index (χ2n) is 3.27. The minimum atomic E-state index is -0.859. The molecule has 82 valence electrons. The van der Waals surface area contributed by atoms with E-state index in [2.05, 4.69) is 5.32 Å². The summed E-state index contributed by atoms with van der Waals surface area (Å²) >= 11 is 0. The molecule has 1 atom stereocenters. The quantitative estimate of drug-likeness (QED) is 0.737. The maximum Gasteiger partial charge on any atom is 0.317 e. The average Bonchev–Trinajstić information content (AvgIpc) is 2.18. The molecule has 1 unspecified atom stereocenters. The van der Waals surface area contributed by atoms with Gasteiger partial charge in [-0.2, -0.15) is 0 Å². The molecule has 0 radical (unpaired) electrons. The second-order valence-corrected chi connectivity index (χ2v) is 3.27. The number of carboxylic acids is 1. The van der Waals surface area contributed by atoms with Crippen LogP contribution in [0.15, 0.2) is 30.3 Å². The van der Waals surface area contributed by atoms with Gasteiger partial charge < -0.3 is 15.2 Å². The number of carboxylic acid groups (broad SMARTS) is 1. The molecule has 0 aromatic heterocycles. The molecule has 4 nitrogen and oxygen atoms in total. The third kappa shape index (κ3) is 5.02. The van der Waals surface area contributed by atoms with Gasteiger partial charge in [0, 0.05) is 6.54 Å². The molecule has 0 spiro atoms. The van der Waals surface area contributed by atoms with E-state index in [1.807, 2.05) is 37.3 Å². The summed E-state index contributed by atoms with van der Waals surface area (Å²) in [6.07, 6.45) is -0.0493. The first-order chi connectivity index (χ1) is 7.18. The predicted molar refractivity (Wildman–Crippen MR) is 57.0 cm³/mol. The van der Waals surface area contributed by atoms with Gasteiger partial charge in [0.1, 0.15) is 11.9 Å². The van der Waals surface area contributed by atoms with E-state index in [4.69, 9.17) is 9.84 Å². The van der Waals surface area contributed by atoms with Crippen molar-refractivity contribution in [2.45, 2.75) is 13.0 Å². The Hall–Kier alpha value is -1.55. The monoisotopic (exact) mass is 209 g/mol. The van der Waals surface area contributed by atoms with Crippen LogP contribution in [0.1, 0.15) is 6.92 Å². The first kappa shape index (κ1) is 11.5. The summed E-state index contributed by atoms with van der Waals surface area (Å²) in [4.78, 5) is 10.2. The van der Waals surface area contributed by atoms with Crippen LogP contribution in [0.2, 0.25) is 0 Å². The fourth-order valence-corrected chi connectivity index (χ4v) is 1.16. The third-order valence-corrected chi connectivity index (χ3v) is 1.79. The Kier molecular flexibility index (Phi) is 4.63. The summed E-state index contributed by atoms with van der Waals surface area (Å²) in [5, 5.41) is 11.2. The first-order valence-corrected chi connectivity index (χ1v) is 4.82. The maximum absolute atomic E-state index is 10.2. The van der Waals surface area contributed by atoms with Gasteiger partial charge in [-0.1, -0.05) is 18.2 Å². The lowest BCUT2D eigenvalue weighted by molar-refractivity contribution is -0.136. The van der Waals surface area contributed by atoms with Gasteiger partial charge in [0.15, 0.2) is 0 Å². The smallest absolute Gasteiger partial charge is 0.317 e. The molecule has 4 heteroatoms. The fraction of sp³-hybridized carbons (Fsp3) is 0.364. The van der Waals surface area contributed by atoms with Crippen molar-refractivity contribution in [3.63, 3.8) is 0 Å². The third-order valence-electron chi connectivity index (χ3n) is 1.79. The normalized spacial score (nSPS) is 12.1. The minimum absolute atomic E-state index is 0.0392. The van der Waals surface area contributed by atoms with Gasteiger partial charge in [-0.25, -0.2) is 0 Å². The van der Waals surface area contributed by atoms with Gasteiger partial charge in [-0.15, -0.1) is 0 Å². The molecular formula is C11H15NO3. The molecule has 2 N–H and O–H groups in total. The highest BCUT2D eigenvalue weighted by atomic mass is 16.5. The van der Waals surface area contributed by atoms with Crippen molar-refractivity contribution in [2.75, 3.05) is 13.1 Å². The van der Waals surface area contributed by atoms with E-state index in [9.17, 15) is 4.79 Å². The highest BCUT2D eigenvalue weighted by Gasteiger charge is 2.04. The van der Waals surface area contributed by atoms with Crippen molar-refractivity contribution in [1.29, 1.82) is 0 Å². The molecule has 1 aromatic rings. The van der Waals surface area contributed by atoms with Crippen LogP contribution in [0, 0.1) is 0 Å². The number of para-hydroxylation sites is 1. The predicted octanol–water partition coefficient (Wildman–Crippen LogP) is 1.13. The zero-order valence-electron chi connectivity index (χ0n) is 8.64. The number of carbonyl (C=O) groups is 1. The molecule has 0 amide bonds. The standard InChI is InChI=1S/C11H15NO3/c1-9(7-12-8-11(13)14)15-10-5-3-2-4-6-10/h2-6,9,12H,7-8H2,1H3,(H,13,14). The molecule has 0 saturated carbocycles. The molecule has 15 heavy (non-hydrogen) atoms. The lowest BCUT2D eigenvalue weighted by atomic mass is 10.3. The Morgan fingerprint density at radius 2 is 2.13 bits per heavy atom. The summed E-state index contributed by atoms with van der Waals surface area (Å²) in [5.74, 6) is -0.0657. The lowest BCUT2D eigenvalue weighted by Gasteiger charge is -2.14. The summed E-state index contributed by atoms with van der Waals surface area (Å²) < 4.78 is 5.54. The average molecular weight is 209 g/mol. The molecule has 0 bridgehead atoms. The molecule has 0 aliphatic carbocycles. The number of hydrogen-bond acceptors (Lipinski definition) is 3. The molecule has 1 rings (SSSR count). The largest absolute Gasteiger partial charge is 0.489 e. The van der Waals surface area contributed by atoms with Crippen LogP contribution in [0.25, 0.3) is 0 Å². The molecule has 0 aliphatic rings. The highest BCUT2D eigenvalue weighted by molar-refractivity contribution is 5.68. The topological polar surface area (TPSA) is 58.6 Å². The number of aliphatic carboxylic acids is 1.